The van der Waals surface area contributed by atoms with Crippen molar-refractivity contribution in [3.05, 3.63) is 18.2 Å². The standard InChI is InChI=1S/C19H29N3O5S/c1-13(2)20-18(23)15-9-19(10-21(15)3)11-22(12-19)28(24,25)14-6-7-16(26-4)17(8-14)27-5/h6-8,13,15H,9-12H2,1-5H3,(H,20,23). The minimum absolute atomic E-state index is 0.00979. The molecule has 1 amide bonds. The van der Waals surface area contributed by atoms with Crippen molar-refractivity contribution in [3.8, 4) is 11.5 Å². The Hall–Kier alpha value is -1.84. The maximum atomic E-state index is 13.0. The summed E-state index contributed by atoms with van der Waals surface area (Å²) in [6.45, 7) is 5.41. The highest BCUT2D eigenvalue weighted by atomic mass is 32.2. The number of nitrogens with zero attached hydrogens (tertiary/aromatic N) is 2. The summed E-state index contributed by atoms with van der Waals surface area (Å²) in [7, 11) is 1.29. The van der Waals surface area contributed by atoms with Crippen LogP contribution in [0.5, 0.6) is 11.5 Å². The minimum Gasteiger partial charge on any atom is -0.493 e. The van der Waals surface area contributed by atoms with Gasteiger partial charge >= 0.3 is 0 Å². The van der Waals surface area contributed by atoms with Crippen molar-refractivity contribution in [2.24, 2.45) is 5.41 Å². The van der Waals surface area contributed by atoms with E-state index in [0.29, 0.717) is 37.6 Å². The van der Waals surface area contributed by atoms with Crippen LogP contribution in [0.3, 0.4) is 0 Å². The zero-order chi connectivity index (χ0) is 20.7. The normalized spacial score (nSPS) is 22.3. The van der Waals surface area contributed by atoms with Crippen LogP contribution in [0, 0.1) is 5.41 Å². The molecule has 3 rings (SSSR count). The molecule has 1 spiro atoms. The molecule has 0 aromatic heterocycles. The van der Waals surface area contributed by atoms with Crippen LogP contribution < -0.4 is 14.8 Å². The van der Waals surface area contributed by atoms with Crippen LogP contribution in [0.15, 0.2) is 23.1 Å². The first-order valence-corrected chi connectivity index (χ1v) is 10.8. The van der Waals surface area contributed by atoms with Gasteiger partial charge in [0.05, 0.1) is 25.2 Å². The molecular formula is C19H29N3O5S. The number of amides is 1. The summed E-state index contributed by atoms with van der Waals surface area (Å²) >= 11 is 0. The first kappa shape index (κ1) is 20.9. The van der Waals surface area contributed by atoms with Crippen molar-refractivity contribution in [2.45, 2.75) is 37.2 Å². The van der Waals surface area contributed by atoms with Crippen molar-refractivity contribution in [3.63, 3.8) is 0 Å². The second-order valence-electron chi connectivity index (χ2n) is 8.09. The van der Waals surface area contributed by atoms with Gasteiger partial charge in [0.1, 0.15) is 0 Å². The van der Waals surface area contributed by atoms with Gasteiger partial charge in [-0.3, -0.25) is 9.69 Å². The first-order chi connectivity index (χ1) is 13.1. The van der Waals surface area contributed by atoms with E-state index < -0.39 is 10.0 Å². The molecule has 1 unspecified atom stereocenters. The molecule has 0 aliphatic carbocycles. The monoisotopic (exact) mass is 411 g/mol. The largest absolute Gasteiger partial charge is 0.493 e. The number of carbonyl (C=O) groups is 1. The summed E-state index contributed by atoms with van der Waals surface area (Å²) < 4.78 is 37.9. The zero-order valence-corrected chi connectivity index (χ0v) is 17.9. The number of rotatable bonds is 6. The highest BCUT2D eigenvalue weighted by Crippen LogP contribution is 2.44. The van der Waals surface area contributed by atoms with E-state index in [-0.39, 0.29) is 28.3 Å². The molecule has 2 saturated heterocycles. The Morgan fingerprint density at radius 1 is 1.18 bits per heavy atom. The third-order valence-electron chi connectivity index (χ3n) is 5.49. The van der Waals surface area contributed by atoms with Crippen molar-refractivity contribution < 1.29 is 22.7 Å². The molecule has 2 aliphatic rings. The van der Waals surface area contributed by atoms with E-state index in [4.69, 9.17) is 9.47 Å². The molecule has 1 N–H and O–H groups in total. The Bertz CT molecular complexity index is 849. The van der Waals surface area contributed by atoms with Crippen molar-refractivity contribution >= 4 is 15.9 Å². The molecule has 1 atom stereocenters. The van der Waals surface area contributed by atoms with E-state index in [1.807, 2.05) is 25.8 Å². The third kappa shape index (κ3) is 3.70. The number of methoxy groups -OCH3 is 2. The fraction of sp³-hybridized carbons (Fsp3) is 0.632. The number of carbonyl (C=O) groups excluding carboxylic acids is 1. The summed E-state index contributed by atoms with van der Waals surface area (Å²) in [6.07, 6.45) is 0.667. The Kier molecular flexibility index (Phi) is 5.62. The lowest BCUT2D eigenvalue weighted by molar-refractivity contribution is -0.125. The van der Waals surface area contributed by atoms with Crippen LogP contribution in [0.25, 0.3) is 0 Å². The molecule has 2 fully saturated rings. The SMILES string of the molecule is COc1ccc(S(=O)(=O)N2CC3(CC(C(=O)NC(C)C)N(C)C3)C2)cc1OC. The van der Waals surface area contributed by atoms with Crippen LogP contribution >= 0.6 is 0 Å². The first-order valence-electron chi connectivity index (χ1n) is 9.35. The Morgan fingerprint density at radius 3 is 2.39 bits per heavy atom. The lowest BCUT2D eigenvalue weighted by atomic mass is 9.79. The number of hydrogen-bond acceptors (Lipinski definition) is 6. The van der Waals surface area contributed by atoms with Gasteiger partial charge in [-0.1, -0.05) is 0 Å². The van der Waals surface area contributed by atoms with Crippen LogP contribution in [0.1, 0.15) is 20.3 Å². The van der Waals surface area contributed by atoms with Gasteiger partial charge in [-0.2, -0.15) is 4.31 Å². The molecule has 0 bridgehead atoms. The van der Waals surface area contributed by atoms with E-state index in [2.05, 4.69) is 5.32 Å². The van der Waals surface area contributed by atoms with E-state index in [1.54, 1.807) is 6.07 Å². The second kappa shape index (κ2) is 7.53. The van der Waals surface area contributed by atoms with Gasteiger partial charge in [0, 0.05) is 37.2 Å². The van der Waals surface area contributed by atoms with Gasteiger partial charge in [0.15, 0.2) is 11.5 Å². The number of nitrogens with one attached hydrogen (secondary N) is 1. The van der Waals surface area contributed by atoms with Crippen LogP contribution in [0.4, 0.5) is 0 Å². The lowest BCUT2D eigenvalue weighted by Crippen LogP contribution is -2.59. The smallest absolute Gasteiger partial charge is 0.243 e. The molecular weight excluding hydrogens is 382 g/mol. The van der Waals surface area contributed by atoms with E-state index in [0.717, 1.165) is 0 Å². The summed E-state index contributed by atoms with van der Waals surface area (Å²) in [5.74, 6) is 0.873. The maximum absolute atomic E-state index is 13.0. The fourth-order valence-corrected chi connectivity index (χ4v) is 5.85. The fourth-order valence-electron chi connectivity index (χ4n) is 4.17. The van der Waals surface area contributed by atoms with Crippen LogP contribution in [-0.4, -0.2) is 76.5 Å². The molecule has 2 heterocycles. The maximum Gasteiger partial charge on any atom is 0.243 e. The molecule has 9 heteroatoms. The van der Waals surface area contributed by atoms with Crippen molar-refractivity contribution in [1.29, 1.82) is 0 Å². The highest BCUT2D eigenvalue weighted by Gasteiger charge is 2.55. The molecule has 1 aromatic carbocycles. The predicted molar refractivity (Wildman–Crippen MR) is 105 cm³/mol. The Balaban J connectivity index is 1.71. The van der Waals surface area contributed by atoms with Crippen LogP contribution in [-0.2, 0) is 14.8 Å². The zero-order valence-electron chi connectivity index (χ0n) is 17.1. The predicted octanol–water partition coefficient (Wildman–Crippen LogP) is 0.923. The summed E-state index contributed by atoms with van der Waals surface area (Å²) in [5, 5.41) is 2.95. The van der Waals surface area contributed by atoms with Crippen LogP contribution in [0.2, 0.25) is 0 Å². The molecule has 2 aliphatic heterocycles. The highest BCUT2D eigenvalue weighted by molar-refractivity contribution is 7.89. The molecule has 28 heavy (non-hydrogen) atoms. The second-order valence-corrected chi connectivity index (χ2v) is 10.0. The van der Waals surface area contributed by atoms with E-state index in [9.17, 15) is 13.2 Å². The number of likely N-dealkylation sites (tertiary alicyclic amines) is 1. The number of benzene rings is 1. The molecule has 8 nitrogen and oxygen atoms in total. The summed E-state index contributed by atoms with van der Waals surface area (Å²) in [5.41, 5.74) is -0.169. The number of likely N-dealkylation sites (N-methyl/N-ethyl adjacent to an activating group) is 1. The molecule has 0 saturated carbocycles. The minimum atomic E-state index is -3.62. The average Bonchev–Trinajstić information content (AvgIpc) is 2.97. The van der Waals surface area contributed by atoms with Gasteiger partial charge in [0.2, 0.25) is 15.9 Å². The Morgan fingerprint density at radius 2 is 1.82 bits per heavy atom. The van der Waals surface area contributed by atoms with Gasteiger partial charge in [0.25, 0.3) is 0 Å². The molecule has 156 valence electrons. The third-order valence-corrected chi connectivity index (χ3v) is 7.28. The number of ether oxygens (including phenoxy) is 2. The van der Waals surface area contributed by atoms with Gasteiger partial charge in [-0.05, 0) is 39.4 Å². The Labute approximate surface area is 166 Å². The average molecular weight is 412 g/mol. The molecule has 0 radical (unpaired) electrons. The van der Waals surface area contributed by atoms with Gasteiger partial charge < -0.3 is 14.8 Å². The van der Waals surface area contributed by atoms with Gasteiger partial charge in [-0.25, -0.2) is 8.42 Å². The lowest BCUT2D eigenvalue weighted by Gasteiger charge is -2.46. The van der Waals surface area contributed by atoms with Crippen molar-refractivity contribution in [1.82, 2.24) is 14.5 Å². The van der Waals surface area contributed by atoms with E-state index in [1.165, 1.54) is 30.7 Å². The number of sulfonamides is 1. The topological polar surface area (TPSA) is 88.2 Å². The number of hydrogen-bond donors (Lipinski definition) is 1. The van der Waals surface area contributed by atoms with Crippen molar-refractivity contribution in [2.75, 3.05) is 40.9 Å². The quantitative estimate of drug-likeness (QED) is 0.749. The molecule has 1 aromatic rings. The van der Waals surface area contributed by atoms with Gasteiger partial charge in [-0.15, -0.1) is 0 Å². The summed E-state index contributed by atoms with van der Waals surface area (Å²) in [4.78, 5) is 14.6. The summed E-state index contributed by atoms with van der Waals surface area (Å²) in [6, 6.07) is 4.48. The van der Waals surface area contributed by atoms with E-state index >= 15 is 0 Å².